The van der Waals surface area contributed by atoms with Crippen LogP contribution in [0, 0.1) is 20.2 Å². The molecule has 0 aliphatic carbocycles. The number of rotatable bonds is 11. The maximum atomic E-state index is 12.9. The zero-order chi connectivity index (χ0) is 24.1. The number of nitro benzene ring substituents is 2. The molecule has 1 unspecified atom stereocenters. The number of hydrogen-bond donors (Lipinski definition) is 0. The van der Waals surface area contributed by atoms with Crippen LogP contribution in [0.25, 0.3) is 0 Å². The second kappa shape index (κ2) is 11.4. The predicted molar refractivity (Wildman–Crippen MR) is 125 cm³/mol. The molecule has 0 N–H and O–H groups in total. The summed E-state index contributed by atoms with van der Waals surface area (Å²) in [6.07, 6.45) is 1.14. The van der Waals surface area contributed by atoms with E-state index in [0.29, 0.717) is 41.6 Å². The van der Waals surface area contributed by atoms with Gasteiger partial charge in [0.15, 0.2) is 5.69 Å². The van der Waals surface area contributed by atoms with E-state index in [1.54, 1.807) is 0 Å². The third kappa shape index (κ3) is 7.11. The van der Waals surface area contributed by atoms with Gasteiger partial charge in [-0.2, -0.15) is 0 Å². The molecule has 0 amide bonds. The number of alkyl halides is 4. The lowest BCUT2D eigenvalue weighted by Gasteiger charge is -2.25. The Balaban J connectivity index is 3.67. The van der Waals surface area contributed by atoms with Gasteiger partial charge in [-0.15, -0.1) is 15.3 Å². The Kier molecular flexibility index (Phi) is 10.4. The van der Waals surface area contributed by atoms with Gasteiger partial charge in [-0.05, 0) is 24.8 Å². The molecule has 0 bridgehead atoms. The first-order valence-corrected chi connectivity index (χ1v) is 12.6. The van der Waals surface area contributed by atoms with E-state index < -0.39 is 44.6 Å². The molecule has 1 aromatic rings. The normalized spacial score (nSPS) is 13.3. The van der Waals surface area contributed by atoms with Crippen LogP contribution in [0.15, 0.2) is 17.0 Å². The van der Waals surface area contributed by atoms with Gasteiger partial charge in [0.05, 0.1) is 14.7 Å². The largest absolute Gasteiger partial charge is 0.360 e. The van der Waals surface area contributed by atoms with E-state index >= 15 is 0 Å². The number of halogens is 4. The number of nitrogens with zero attached hydrogens (tertiary/aromatic N) is 4. The Morgan fingerprint density at radius 2 is 1.48 bits per heavy atom. The molecule has 0 aliphatic rings. The maximum Gasteiger partial charge on any atom is 0.301 e. The van der Waals surface area contributed by atoms with E-state index in [1.807, 2.05) is 13.8 Å². The first-order valence-electron chi connectivity index (χ1n) is 8.76. The summed E-state index contributed by atoms with van der Waals surface area (Å²) in [7, 11) is -3.38. The maximum absolute atomic E-state index is 12.9. The van der Waals surface area contributed by atoms with Crippen LogP contribution in [0.1, 0.15) is 26.7 Å². The molecule has 0 fully saturated rings. The fourth-order valence-corrected chi connectivity index (χ4v) is 5.63. The third-order valence-corrected chi connectivity index (χ3v) is 9.01. The Morgan fingerprint density at radius 3 is 1.81 bits per heavy atom. The first-order chi connectivity index (χ1) is 14.2. The summed E-state index contributed by atoms with van der Waals surface area (Å²) in [4.78, 5) is 22.6. The van der Waals surface area contributed by atoms with Crippen LogP contribution in [0.2, 0.25) is 0 Å². The Bertz CT molecular complexity index is 888. The van der Waals surface area contributed by atoms with Crippen molar-refractivity contribution < 1.29 is 18.3 Å². The molecule has 1 atom stereocenters. The fraction of sp³-hybridized carbons (Fsp3) is 0.600. The Morgan fingerprint density at radius 1 is 1.06 bits per heavy atom. The van der Waals surface area contributed by atoms with Crippen molar-refractivity contribution in [2.75, 3.05) is 25.0 Å². The van der Waals surface area contributed by atoms with Crippen molar-refractivity contribution in [3.05, 3.63) is 32.4 Å². The van der Waals surface area contributed by atoms with Gasteiger partial charge in [0.25, 0.3) is 10.0 Å². The van der Waals surface area contributed by atoms with Gasteiger partial charge in [-0.3, -0.25) is 20.2 Å². The average Bonchev–Trinajstić information content (AvgIpc) is 2.65. The highest BCUT2D eigenvalue weighted by molar-refractivity contribution is 8.09. The minimum absolute atomic E-state index is 0.246. The van der Waals surface area contributed by atoms with Crippen LogP contribution in [0.4, 0.5) is 17.1 Å². The number of anilines is 1. The SMILES string of the molecule is CCCN(CCC)c1c([N+](=O)[O-])cc(S(=O)(=O)N(C)SC(Cl)C(Cl)(Cl)Cl)cc1[N+](=O)[O-]. The summed E-state index contributed by atoms with van der Waals surface area (Å²) in [6.45, 7) is 4.26. The molecule has 0 heterocycles. The summed E-state index contributed by atoms with van der Waals surface area (Å²) < 4.78 is 23.2. The number of benzene rings is 1. The van der Waals surface area contributed by atoms with Crippen LogP contribution in [-0.2, 0) is 10.0 Å². The number of hydrogen-bond acceptors (Lipinski definition) is 8. The molecule has 0 radical (unpaired) electrons. The molecule has 31 heavy (non-hydrogen) atoms. The van der Waals surface area contributed by atoms with Gasteiger partial charge in [0, 0.05) is 32.3 Å². The van der Waals surface area contributed by atoms with E-state index in [2.05, 4.69) is 0 Å². The minimum atomic E-state index is -4.46. The molecule has 0 aliphatic heterocycles. The summed E-state index contributed by atoms with van der Waals surface area (Å²) in [5.74, 6) is 0. The van der Waals surface area contributed by atoms with E-state index in [4.69, 9.17) is 46.4 Å². The number of nitro groups is 2. The molecular weight excluding hydrogens is 538 g/mol. The van der Waals surface area contributed by atoms with Crippen LogP contribution < -0.4 is 4.90 Å². The molecule has 1 rings (SSSR count). The van der Waals surface area contributed by atoms with Crippen molar-refractivity contribution >= 4 is 85.4 Å². The monoisotopic (exact) mass is 556 g/mol. The van der Waals surface area contributed by atoms with E-state index in [0.717, 1.165) is 19.2 Å². The van der Waals surface area contributed by atoms with Gasteiger partial charge < -0.3 is 4.90 Å². The lowest BCUT2D eigenvalue weighted by Crippen LogP contribution is -2.28. The van der Waals surface area contributed by atoms with E-state index in [9.17, 15) is 28.6 Å². The lowest BCUT2D eigenvalue weighted by molar-refractivity contribution is -0.393. The fourth-order valence-electron chi connectivity index (χ4n) is 2.60. The van der Waals surface area contributed by atoms with Crippen LogP contribution in [0.3, 0.4) is 0 Å². The highest BCUT2D eigenvalue weighted by Gasteiger charge is 2.38. The van der Waals surface area contributed by atoms with Gasteiger partial charge in [-0.25, -0.2) is 8.42 Å². The van der Waals surface area contributed by atoms with Crippen LogP contribution in [-0.4, -0.2) is 50.6 Å². The van der Waals surface area contributed by atoms with E-state index in [1.165, 1.54) is 4.90 Å². The summed E-state index contributed by atoms with van der Waals surface area (Å²) >= 11 is 23.2. The molecule has 0 saturated heterocycles. The lowest BCUT2D eigenvalue weighted by atomic mass is 10.2. The topological polar surface area (TPSA) is 127 Å². The highest BCUT2D eigenvalue weighted by atomic mass is 35.6. The van der Waals surface area contributed by atoms with E-state index in [-0.39, 0.29) is 5.69 Å². The average molecular weight is 558 g/mol. The van der Waals surface area contributed by atoms with Crippen molar-refractivity contribution in [3.63, 3.8) is 0 Å². The molecule has 16 heteroatoms. The van der Waals surface area contributed by atoms with Crippen molar-refractivity contribution in [3.8, 4) is 0 Å². The molecule has 0 spiro atoms. The highest BCUT2D eigenvalue weighted by Crippen LogP contribution is 2.44. The zero-order valence-electron chi connectivity index (χ0n) is 16.6. The summed E-state index contributed by atoms with van der Waals surface area (Å²) in [6, 6.07) is 1.57. The first kappa shape index (κ1) is 28.3. The molecular formula is C15H20Cl4N4O6S2. The molecule has 0 saturated carbocycles. The standard InChI is InChI=1S/C15H20Cl4N4O6S2/c1-4-6-21(7-5-2)13-11(22(24)25)8-10(9-12(13)23(26)27)31(28,29)20(3)30-14(16)15(17,18)19/h8-9,14H,4-7H2,1-3H3. The Labute approximate surface area is 204 Å². The third-order valence-electron chi connectivity index (χ3n) is 3.87. The smallest absolute Gasteiger partial charge is 0.301 e. The van der Waals surface area contributed by atoms with Crippen molar-refractivity contribution in [1.29, 1.82) is 0 Å². The minimum Gasteiger partial charge on any atom is -0.360 e. The Hall–Kier alpha value is -0.760. The summed E-state index contributed by atoms with van der Waals surface area (Å²) in [5.41, 5.74) is -1.64. The van der Waals surface area contributed by atoms with Crippen molar-refractivity contribution in [2.24, 2.45) is 0 Å². The van der Waals surface area contributed by atoms with Crippen LogP contribution in [0.5, 0.6) is 0 Å². The van der Waals surface area contributed by atoms with Crippen molar-refractivity contribution in [2.45, 2.75) is 40.1 Å². The second-order valence-electron chi connectivity index (χ2n) is 6.19. The summed E-state index contributed by atoms with van der Waals surface area (Å²) in [5, 5.41) is 23.5. The second-order valence-corrected chi connectivity index (χ2v) is 12.7. The van der Waals surface area contributed by atoms with Gasteiger partial charge in [-0.1, -0.05) is 48.7 Å². The van der Waals surface area contributed by atoms with Gasteiger partial charge in [0.2, 0.25) is 3.79 Å². The molecule has 0 aromatic heterocycles. The zero-order valence-corrected chi connectivity index (χ0v) is 21.3. The quantitative estimate of drug-likeness (QED) is 0.154. The molecule has 1 aromatic carbocycles. The molecule has 10 nitrogen and oxygen atoms in total. The number of sulfonamides is 1. The van der Waals surface area contributed by atoms with Crippen molar-refractivity contribution in [1.82, 2.24) is 3.71 Å². The van der Waals surface area contributed by atoms with Gasteiger partial charge >= 0.3 is 11.4 Å². The van der Waals surface area contributed by atoms with Crippen LogP contribution >= 0.6 is 58.4 Å². The molecule has 176 valence electrons. The van der Waals surface area contributed by atoms with Gasteiger partial charge in [0.1, 0.15) is 4.71 Å². The predicted octanol–water partition coefficient (Wildman–Crippen LogP) is 5.33.